The molecular weight excluding hydrogens is 529 g/mol. The summed E-state index contributed by atoms with van der Waals surface area (Å²) >= 11 is 0. The smallest absolute Gasteiger partial charge is 0.243 e. The van der Waals surface area contributed by atoms with E-state index >= 15 is 0 Å². The topological polar surface area (TPSA) is 79.0 Å². The van der Waals surface area contributed by atoms with E-state index in [4.69, 9.17) is 4.74 Å². The largest absolute Gasteiger partial charge is 0.371 e. The number of rotatable bonds is 7. The van der Waals surface area contributed by atoms with Gasteiger partial charge in [0.2, 0.25) is 15.9 Å². The van der Waals surface area contributed by atoms with Gasteiger partial charge < -0.3 is 10.1 Å². The number of aryl methyl sites for hydroxylation is 2. The monoisotopic (exact) mass is 565 g/mol. The molecule has 2 heterocycles. The fraction of sp³-hybridized carbons (Fsp3) is 0.387. The molecule has 3 aromatic rings. The van der Waals surface area contributed by atoms with E-state index in [1.807, 2.05) is 61.2 Å². The lowest BCUT2D eigenvalue weighted by atomic mass is 9.90. The van der Waals surface area contributed by atoms with Crippen LogP contribution in [-0.2, 0) is 26.0 Å². The molecule has 0 bridgehead atoms. The number of benzene rings is 3. The zero-order chi connectivity index (χ0) is 28.3. The Morgan fingerprint density at radius 1 is 1.05 bits per heavy atom. The van der Waals surface area contributed by atoms with Crippen LogP contribution in [0.3, 0.4) is 0 Å². The maximum Gasteiger partial charge on any atom is 0.243 e. The van der Waals surface area contributed by atoms with E-state index in [9.17, 15) is 17.6 Å². The van der Waals surface area contributed by atoms with Crippen molar-refractivity contribution in [1.82, 2.24) is 9.21 Å². The number of carbonyl (C=O) groups is 1. The quantitative estimate of drug-likeness (QED) is 0.455. The summed E-state index contributed by atoms with van der Waals surface area (Å²) in [7, 11) is -3.79. The number of nitrogens with one attached hydrogen (secondary N) is 1. The Bertz CT molecular complexity index is 1450. The fourth-order valence-corrected chi connectivity index (χ4v) is 7.37. The van der Waals surface area contributed by atoms with E-state index in [1.54, 1.807) is 22.5 Å². The minimum Gasteiger partial charge on any atom is -0.371 e. The first-order valence-corrected chi connectivity index (χ1v) is 15.1. The van der Waals surface area contributed by atoms with E-state index in [0.717, 1.165) is 23.1 Å². The van der Waals surface area contributed by atoms with E-state index in [-0.39, 0.29) is 36.5 Å². The van der Waals surface area contributed by atoms with E-state index in [0.29, 0.717) is 31.6 Å². The van der Waals surface area contributed by atoms with Gasteiger partial charge in [0.05, 0.1) is 29.7 Å². The van der Waals surface area contributed by atoms with Crippen molar-refractivity contribution in [3.05, 3.63) is 95.3 Å². The Kier molecular flexibility index (Phi) is 8.37. The molecule has 2 aliphatic rings. The number of sulfonamides is 1. The van der Waals surface area contributed by atoms with Gasteiger partial charge >= 0.3 is 0 Å². The molecule has 9 heteroatoms. The lowest BCUT2D eigenvalue weighted by Crippen LogP contribution is -2.64. The molecule has 2 aliphatic heterocycles. The van der Waals surface area contributed by atoms with Crippen LogP contribution >= 0.6 is 0 Å². The summed E-state index contributed by atoms with van der Waals surface area (Å²) in [5.74, 6) is -0.652. The Hall–Kier alpha value is -3.11. The number of hydrogen-bond donors (Lipinski definition) is 1. The summed E-state index contributed by atoms with van der Waals surface area (Å²) in [6, 6.07) is 20.8. The second-order valence-corrected chi connectivity index (χ2v) is 12.9. The molecule has 212 valence electrons. The third kappa shape index (κ3) is 6.44. The summed E-state index contributed by atoms with van der Waals surface area (Å²) in [4.78, 5) is 15.2. The summed E-state index contributed by atoms with van der Waals surface area (Å²) in [6.07, 6.45) is 2.02. The van der Waals surface area contributed by atoms with Gasteiger partial charge in [-0.3, -0.25) is 9.69 Å². The predicted molar refractivity (Wildman–Crippen MR) is 153 cm³/mol. The first-order chi connectivity index (χ1) is 19.1. The number of amides is 1. The van der Waals surface area contributed by atoms with Gasteiger partial charge in [0, 0.05) is 18.8 Å². The molecule has 2 atom stereocenters. The zero-order valence-corrected chi connectivity index (χ0v) is 23.8. The molecule has 2 saturated heterocycles. The zero-order valence-electron chi connectivity index (χ0n) is 23.0. The molecule has 1 unspecified atom stereocenters. The minimum atomic E-state index is -3.79. The predicted octanol–water partition coefficient (Wildman–Crippen LogP) is 4.55. The highest BCUT2D eigenvalue weighted by Gasteiger charge is 2.47. The van der Waals surface area contributed by atoms with Crippen LogP contribution in [0.25, 0.3) is 0 Å². The Labute approximate surface area is 236 Å². The van der Waals surface area contributed by atoms with Gasteiger partial charge in [0.15, 0.2) is 0 Å². The highest BCUT2D eigenvalue weighted by molar-refractivity contribution is 7.89. The standard InChI is InChI=1S/C31H36FN3O4S/c1-23-9-13-28(14-10-23)40(37,38)35-22-31(39-20-27(35)17-25-7-4-3-5-8-25)15-6-16-34(21-31)19-30(36)33-29-18-26(32)12-11-24(29)2/h3-5,7-14,18,27H,6,15-17,19-22H2,1-2H3,(H,33,36)/t27-,31?/m0/s1. The SMILES string of the molecule is Cc1ccc(S(=O)(=O)N2CC3(CCCN(CC(=O)Nc4cc(F)ccc4C)C3)OC[C@@H]2Cc2ccccc2)cc1. The Morgan fingerprint density at radius 2 is 1.80 bits per heavy atom. The van der Waals surface area contributed by atoms with Crippen LogP contribution in [-0.4, -0.2) is 68.0 Å². The molecule has 0 radical (unpaired) electrons. The number of halogens is 1. The van der Waals surface area contributed by atoms with Crippen LogP contribution < -0.4 is 5.32 Å². The summed E-state index contributed by atoms with van der Waals surface area (Å²) in [5, 5.41) is 2.82. The normalized spacial score (nSPS) is 22.3. The molecule has 7 nitrogen and oxygen atoms in total. The van der Waals surface area contributed by atoms with Crippen molar-refractivity contribution in [2.75, 3.05) is 38.1 Å². The molecule has 1 spiro atoms. The number of ether oxygens (including phenoxy) is 1. The molecule has 40 heavy (non-hydrogen) atoms. The van der Waals surface area contributed by atoms with Crippen LogP contribution in [0.5, 0.6) is 0 Å². The lowest BCUT2D eigenvalue weighted by Gasteiger charge is -2.50. The van der Waals surface area contributed by atoms with Crippen LogP contribution in [0.1, 0.15) is 29.5 Å². The average Bonchev–Trinajstić information content (AvgIpc) is 2.93. The van der Waals surface area contributed by atoms with Crippen LogP contribution in [0, 0.1) is 19.7 Å². The molecule has 5 rings (SSSR count). The third-order valence-corrected chi connectivity index (χ3v) is 9.75. The Morgan fingerprint density at radius 3 is 2.55 bits per heavy atom. The number of piperidine rings is 1. The summed E-state index contributed by atoms with van der Waals surface area (Å²) in [5.41, 5.74) is 2.54. The molecule has 2 fully saturated rings. The molecule has 0 aromatic heterocycles. The van der Waals surface area contributed by atoms with Crippen molar-refractivity contribution in [3.8, 4) is 0 Å². The number of likely N-dealkylation sites (tertiary alicyclic amines) is 1. The van der Waals surface area contributed by atoms with Gasteiger partial charge in [0.25, 0.3) is 0 Å². The summed E-state index contributed by atoms with van der Waals surface area (Å²) < 4.78 is 49.9. The fourth-order valence-electron chi connectivity index (χ4n) is 5.68. The van der Waals surface area contributed by atoms with Crippen molar-refractivity contribution in [3.63, 3.8) is 0 Å². The maximum atomic E-state index is 14.0. The lowest BCUT2D eigenvalue weighted by molar-refractivity contribution is -0.144. The second-order valence-electron chi connectivity index (χ2n) is 11.0. The van der Waals surface area contributed by atoms with Crippen molar-refractivity contribution < 1.29 is 22.3 Å². The molecule has 0 aliphatic carbocycles. The number of carbonyl (C=O) groups excluding carboxylic acids is 1. The minimum absolute atomic E-state index is 0.110. The van der Waals surface area contributed by atoms with Gasteiger partial charge in [-0.05, 0) is 75.0 Å². The van der Waals surface area contributed by atoms with Crippen LogP contribution in [0.2, 0.25) is 0 Å². The number of anilines is 1. The third-order valence-electron chi connectivity index (χ3n) is 7.83. The van der Waals surface area contributed by atoms with Crippen molar-refractivity contribution >= 4 is 21.6 Å². The van der Waals surface area contributed by atoms with Gasteiger partial charge in [-0.15, -0.1) is 0 Å². The highest BCUT2D eigenvalue weighted by Crippen LogP contribution is 2.35. The van der Waals surface area contributed by atoms with Crippen LogP contribution in [0.4, 0.5) is 10.1 Å². The molecule has 1 amide bonds. The maximum absolute atomic E-state index is 14.0. The van der Waals surface area contributed by atoms with Gasteiger partial charge in [-0.1, -0.05) is 54.1 Å². The van der Waals surface area contributed by atoms with E-state index < -0.39 is 21.4 Å². The number of hydrogen-bond acceptors (Lipinski definition) is 5. The van der Waals surface area contributed by atoms with E-state index in [1.165, 1.54) is 12.1 Å². The van der Waals surface area contributed by atoms with Gasteiger partial charge in [-0.25, -0.2) is 12.8 Å². The molecule has 3 aromatic carbocycles. The highest BCUT2D eigenvalue weighted by atomic mass is 32.2. The number of morpholine rings is 1. The second kappa shape index (κ2) is 11.8. The first-order valence-electron chi connectivity index (χ1n) is 13.7. The van der Waals surface area contributed by atoms with Gasteiger partial charge in [0.1, 0.15) is 5.82 Å². The summed E-state index contributed by atoms with van der Waals surface area (Å²) in [6.45, 7) is 5.46. The van der Waals surface area contributed by atoms with Crippen molar-refractivity contribution in [2.45, 2.75) is 49.6 Å². The van der Waals surface area contributed by atoms with E-state index in [2.05, 4.69) is 5.32 Å². The average molecular weight is 566 g/mol. The van der Waals surface area contributed by atoms with Crippen LogP contribution in [0.15, 0.2) is 77.7 Å². The van der Waals surface area contributed by atoms with Gasteiger partial charge in [-0.2, -0.15) is 4.31 Å². The molecular formula is C31H36FN3O4S. The Balaban J connectivity index is 1.35. The molecule has 1 N–H and O–H groups in total. The number of nitrogens with zero attached hydrogens (tertiary/aromatic N) is 2. The van der Waals surface area contributed by atoms with Crippen molar-refractivity contribution in [1.29, 1.82) is 0 Å². The molecule has 0 saturated carbocycles. The first kappa shape index (κ1) is 28.4. The van der Waals surface area contributed by atoms with Crippen molar-refractivity contribution in [2.24, 2.45) is 0 Å².